The number of oxazole rings is 1. The van der Waals surface area contributed by atoms with Crippen LogP contribution < -0.4 is 5.76 Å². The minimum Gasteiger partial charge on any atom is -0.465 e. The summed E-state index contributed by atoms with van der Waals surface area (Å²) in [5, 5.41) is 0.623. The lowest BCUT2D eigenvalue weighted by Gasteiger charge is -2.39. The number of carbonyl (C=O) groups is 1. The van der Waals surface area contributed by atoms with Crippen molar-refractivity contribution in [3.63, 3.8) is 0 Å². The van der Waals surface area contributed by atoms with Gasteiger partial charge in [0.2, 0.25) is 0 Å². The predicted molar refractivity (Wildman–Crippen MR) is 103 cm³/mol. The summed E-state index contributed by atoms with van der Waals surface area (Å²) in [5.74, 6) is -0.600. The Labute approximate surface area is 161 Å². The molecule has 1 aromatic heterocycles. The van der Waals surface area contributed by atoms with E-state index in [-0.39, 0.29) is 12.6 Å². The van der Waals surface area contributed by atoms with Crippen LogP contribution in [0.3, 0.4) is 0 Å². The fraction of sp³-hybridized carbons (Fsp3) is 0.333. The number of esters is 1. The molecule has 1 aliphatic rings. The van der Waals surface area contributed by atoms with E-state index in [0.717, 1.165) is 30.3 Å². The normalized spacial score (nSPS) is 15.4. The lowest BCUT2D eigenvalue weighted by molar-refractivity contribution is -0.154. The molecule has 0 amide bonds. The van der Waals surface area contributed by atoms with Gasteiger partial charge in [-0.05, 0) is 49.1 Å². The molecule has 0 saturated heterocycles. The van der Waals surface area contributed by atoms with Crippen molar-refractivity contribution in [2.24, 2.45) is 0 Å². The van der Waals surface area contributed by atoms with Crippen LogP contribution in [-0.2, 0) is 21.5 Å². The van der Waals surface area contributed by atoms with Crippen LogP contribution in [0.2, 0.25) is 5.02 Å². The molecule has 6 heteroatoms. The molecule has 0 atom stereocenters. The molecule has 1 saturated carbocycles. The molecular formula is C21H20ClNO4. The van der Waals surface area contributed by atoms with Gasteiger partial charge in [0.05, 0.1) is 17.5 Å². The van der Waals surface area contributed by atoms with Crippen LogP contribution in [-0.4, -0.2) is 17.1 Å². The molecule has 0 spiro atoms. The Morgan fingerprint density at radius 3 is 2.74 bits per heavy atom. The van der Waals surface area contributed by atoms with E-state index in [1.165, 1.54) is 0 Å². The largest absolute Gasteiger partial charge is 0.465 e. The quantitative estimate of drug-likeness (QED) is 0.468. The van der Waals surface area contributed by atoms with Gasteiger partial charge in [0.1, 0.15) is 0 Å². The first-order chi connectivity index (χ1) is 13.1. The van der Waals surface area contributed by atoms with Crippen molar-refractivity contribution in [1.82, 2.24) is 4.57 Å². The van der Waals surface area contributed by atoms with E-state index in [0.29, 0.717) is 23.6 Å². The second-order valence-electron chi connectivity index (χ2n) is 6.92. The summed E-state index contributed by atoms with van der Waals surface area (Å²) in [6.45, 7) is 0.695. The van der Waals surface area contributed by atoms with Crippen molar-refractivity contribution in [3.8, 4) is 0 Å². The molecule has 1 fully saturated rings. The summed E-state index contributed by atoms with van der Waals surface area (Å²) in [5.41, 5.74) is 1.66. The molecule has 5 nitrogen and oxygen atoms in total. The number of hydrogen-bond donors (Lipinski definition) is 0. The highest BCUT2D eigenvalue weighted by molar-refractivity contribution is 6.30. The van der Waals surface area contributed by atoms with Crippen molar-refractivity contribution in [1.29, 1.82) is 0 Å². The van der Waals surface area contributed by atoms with Crippen LogP contribution in [0.4, 0.5) is 0 Å². The minimum atomic E-state index is -0.579. The molecule has 0 N–H and O–H groups in total. The molecule has 0 aliphatic heterocycles. The van der Waals surface area contributed by atoms with E-state index in [9.17, 15) is 9.59 Å². The van der Waals surface area contributed by atoms with Crippen LogP contribution in [0.5, 0.6) is 0 Å². The van der Waals surface area contributed by atoms with Gasteiger partial charge in [-0.25, -0.2) is 4.79 Å². The molecule has 4 rings (SSSR count). The van der Waals surface area contributed by atoms with Crippen molar-refractivity contribution < 1.29 is 13.9 Å². The van der Waals surface area contributed by atoms with E-state index < -0.39 is 11.2 Å². The Bertz CT molecular complexity index is 1030. The van der Waals surface area contributed by atoms with E-state index in [1.54, 1.807) is 16.7 Å². The van der Waals surface area contributed by atoms with Crippen LogP contribution in [0, 0.1) is 0 Å². The summed E-state index contributed by atoms with van der Waals surface area (Å²) in [6.07, 6.45) is 3.09. The molecule has 2 aromatic carbocycles. The van der Waals surface area contributed by atoms with Crippen LogP contribution in [0.1, 0.15) is 31.2 Å². The highest BCUT2D eigenvalue weighted by atomic mass is 35.5. The van der Waals surface area contributed by atoms with Crippen molar-refractivity contribution in [2.45, 2.75) is 37.6 Å². The molecule has 3 aromatic rings. The fourth-order valence-electron chi connectivity index (χ4n) is 3.68. The second-order valence-corrected chi connectivity index (χ2v) is 7.36. The number of carbonyl (C=O) groups excluding carboxylic acids is 1. The number of nitrogens with zero attached hydrogens (tertiary/aromatic N) is 1. The number of aryl methyl sites for hydroxylation is 1. The van der Waals surface area contributed by atoms with E-state index >= 15 is 0 Å². The zero-order chi connectivity index (χ0) is 18.9. The van der Waals surface area contributed by atoms with Gasteiger partial charge in [-0.2, -0.15) is 0 Å². The molecule has 0 bridgehead atoms. The van der Waals surface area contributed by atoms with Gasteiger partial charge < -0.3 is 9.15 Å². The lowest BCUT2D eigenvalue weighted by atomic mass is 9.64. The third-order valence-electron chi connectivity index (χ3n) is 5.31. The average Bonchev–Trinajstić information content (AvgIpc) is 2.93. The predicted octanol–water partition coefficient (Wildman–Crippen LogP) is 4.30. The van der Waals surface area contributed by atoms with Gasteiger partial charge >= 0.3 is 11.7 Å². The van der Waals surface area contributed by atoms with E-state index in [4.69, 9.17) is 20.8 Å². The van der Waals surface area contributed by atoms with Crippen LogP contribution >= 0.6 is 11.6 Å². The molecule has 1 aliphatic carbocycles. The third-order valence-corrected chi connectivity index (χ3v) is 5.54. The molecular weight excluding hydrogens is 366 g/mol. The number of hydrogen-bond acceptors (Lipinski definition) is 4. The summed E-state index contributed by atoms with van der Waals surface area (Å²) >= 11 is 6.09. The first-order valence-electron chi connectivity index (χ1n) is 9.12. The Kier molecular flexibility index (Phi) is 4.79. The van der Waals surface area contributed by atoms with Gasteiger partial charge in [-0.3, -0.25) is 9.36 Å². The maximum Gasteiger partial charge on any atom is 0.419 e. The molecule has 0 radical (unpaired) electrons. The zero-order valence-electron chi connectivity index (χ0n) is 14.8. The third kappa shape index (κ3) is 3.28. The Balaban J connectivity index is 1.39. The number of rotatable bonds is 6. The number of aromatic nitrogens is 1. The number of ether oxygens (including phenoxy) is 1. The van der Waals surface area contributed by atoms with Gasteiger partial charge in [0.25, 0.3) is 0 Å². The molecule has 1 heterocycles. The average molecular weight is 386 g/mol. The maximum absolute atomic E-state index is 12.7. The Hall–Kier alpha value is -2.53. The summed E-state index contributed by atoms with van der Waals surface area (Å²) in [4.78, 5) is 24.7. The lowest BCUT2D eigenvalue weighted by Crippen LogP contribution is -2.43. The first kappa shape index (κ1) is 17.9. The first-order valence-corrected chi connectivity index (χ1v) is 9.50. The summed E-state index contributed by atoms with van der Waals surface area (Å²) in [6, 6.07) is 14.7. The van der Waals surface area contributed by atoms with Crippen LogP contribution in [0.15, 0.2) is 57.7 Å². The SMILES string of the molecule is O=C(OCCCn1c(=O)oc2ccccc21)C1(c2cccc(Cl)c2)CCC1. The van der Waals surface area contributed by atoms with Gasteiger partial charge in [-0.15, -0.1) is 0 Å². The van der Waals surface area contributed by atoms with Crippen molar-refractivity contribution in [3.05, 3.63) is 69.7 Å². The van der Waals surface area contributed by atoms with Crippen LogP contribution in [0.25, 0.3) is 11.1 Å². The number of fused-ring (bicyclic) bond motifs is 1. The monoisotopic (exact) mass is 385 g/mol. The Morgan fingerprint density at radius 1 is 1.19 bits per heavy atom. The van der Waals surface area contributed by atoms with E-state index in [1.807, 2.05) is 36.4 Å². The maximum atomic E-state index is 12.7. The summed E-state index contributed by atoms with van der Waals surface area (Å²) < 4.78 is 12.3. The second kappa shape index (κ2) is 7.24. The number of halogens is 1. The van der Waals surface area contributed by atoms with Crippen molar-refractivity contribution >= 4 is 28.7 Å². The van der Waals surface area contributed by atoms with Gasteiger partial charge in [0.15, 0.2) is 5.58 Å². The molecule has 0 unspecified atom stereocenters. The fourth-order valence-corrected chi connectivity index (χ4v) is 3.87. The van der Waals surface area contributed by atoms with E-state index in [2.05, 4.69) is 0 Å². The summed E-state index contributed by atoms with van der Waals surface area (Å²) in [7, 11) is 0. The molecule has 140 valence electrons. The van der Waals surface area contributed by atoms with Gasteiger partial charge in [0, 0.05) is 11.6 Å². The topological polar surface area (TPSA) is 61.4 Å². The minimum absolute atomic E-state index is 0.208. The standard InChI is InChI=1S/C21H20ClNO4/c22-16-7-3-6-15(14-16)21(10-4-11-21)19(24)26-13-5-12-23-17-8-1-2-9-18(17)27-20(23)25/h1-3,6-9,14H,4-5,10-13H2. The van der Waals surface area contributed by atoms with Gasteiger partial charge in [-0.1, -0.05) is 42.3 Å². The highest BCUT2D eigenvalue weighted by Gasteiger charge is 2.47. The zero-order valence-corrected chi connectivity index (χ0v) is 15.6. The smallest absolute Gasteiger partial charge is 0.419 e. The highest BCUT2D eigenvalue weighted by Crippen LogP contribution is 2.45. The Morgan fingerprint density at radius 2 is 2.00 bits per heavy atom. The number of benzene rings is 2. The van der Waals surface area contributed by atoms with Crippen molar-refractivity contribution in [2.75, 3.05) is 6.61 Å². The molecule has 27 heavy (non-hydrogen) atoms. The number of para-hydroxylation sites is 2.